The molecular weight excluding hydrogens is 312 g/mol. The smallest absolute Gasteiger partial charge is 0.272 e. The Bertz CT molecular complexity index is 644. The molecule has 2 rings (SSSR count). The van der Waals surface area contributed by atoms with E-state index in [1.807, 2.05) is 0 Å². The van der Waals surface area contributed by atoms with Crippen LogP contribution in [-0.2, 0) is 0 Å². The van der Waals surface area contributed by atoms with E-state index in [0.29, 0.717) is 27.4 Å². The Morgan fingerprint density at radius 3 is 2.63 bits per heavy atom. The highest BCUT2D eigenvalue weighted by atomic mass is 79.9. The van der Waals surface area contributed by atoms with E-state index in [-0.39, 0.29) is 5.69 Å². The first-order valence-electron chi connectivity index (χ1n) is 5.53. The van der Waals surface area contributed by atoms with Crippen molar-refractivity contribution in [3.8, 4) is 11.6 Å². The maximum absolute atomic E-state index is 10.8. The van der Waals surface area contributed by atoms with Crippen LogP contribution in [0.25, 0.3) is 0 Å². The Kier molecular flexibility index (Phi) is 3.80. The molecule has 0 aliphatic rings. The fraction of sp³-hybridized carbons (Fsp3) is 0.154. The Morgan fingerprint density at radius 1 is 1.26 bits per heavy atom. The van der Waals surface area contributed by atoms with Gasteiger partial charge >= 0.3 is 0 Å². The quantitative estimate of drug-likeness (QED) is 0.483. The number of halogens is 1. The molecule has 19 heavy (non-hydrogen) atoms. The molecule has 0 aliphatic carbocycles. The van der Waals surface area contributed by atoms with Gasteiger partial charge in [-0.25, -0.2) is 4.98 Å². The Morgan fingerprint density at radius 2 is 2.00 bits per heavy atom. The molecule has 2 aromatic rings. The minimum Gasteiger partial charge on any atom is -0.439 e. The molecule has 1 aromatic carbocycles. The van der Waals surface area contributed by atoms with Crippen LogP contribution in [0.15, 0.2) is 34.9 Å². The summed E-state index contributed by atoms with van der Waals surface area (Å²) in [7, 11) is 0. The number of hydrogen-bond acceptors (Lipinski definition) is 4. The van der Waals surface area contributed by atoms with Crippen molar-refractivity contribution >= 4 is 21.6 Å². The van der Waals surface area contributed by atoms with Crippen LogP contribution in [0.3, 0.4) is 0 Å². The SMILES string of the molecule is Cc1cc([N+](=O)[O-])c(C)cc1Oc1cccc(Br)n1. The molecule has 1 heterocycles. The number of nitro benzene ring substituents is 1. The van der Waals surface area contributed by atoms with Gasteiger partial charge in [-0.05, 0) is 47.5 Å². The highest BCUT2D eigenvalue weighted by Gasteiger charge is 2.14. The number of ether oxygens (including phenoxy) is 1. The lowest BCUT2D eigenvalue weighted by Gasteiger charge is -2.09. The van der Waals surface area contributed by atoms with Gasteiger partial charge in [-0.2, -0.15) is 0 Å². The Balaban J connectivity index is 2.36. The highest BCUT2D eigenvalue weighted by Crippen LogP contribution is 2.30. The number of hydrogen-bond donors (Lipinski definition) is 0. The van der Waals surface area contributed by atoms with Crippen molar-refractivity contribution in [3.63, 3.8) is 0 Å². The molecule has 0 unspecified atom stereocenters. The summed E-state index contributed by atoms with van der Waals surface area (Å²) in [5, 5.41) is 10.8. The third-order valence-electron chi connectivity index (χ3n) is 2.59. The fourth-order valence-electron chi connectivity index (χ4n) is 1.64. The van der Waals surface area contributed by atoms with Crippen LogP contribution < -0.4 is 4.74 Å². The zero-order valence-electron chi connectivity index (χ0n) is 10.4. The fourth-order valence-corrected chi connectivity index (χ4v) is 1.97. The molecule has 0 radical (unpaired) electrons. The summed E-state index contributed by atoms with van der Waals surface area (Å²) in [6.07, 6.45) is 0. The molecule has 0 amide bonds. The van der Waals surface area contributed by atoms with Gasteiger partial charge in [-0.3, -0.25) is 10.1 Å². The van der Waals surface area contributed by atoms with E-state index >= 15 is 0 Å². The molecule has 98 valence electrons. The van der Waals surface area contributed by atoms with Gasteiger partial charge in [0.1, 0.15) is 10.4 Å². The Labute approximate surface area is 118 Å². The van der Waals surface area contributed by atoms with E-state index in [1.165, 1.54) is 6.07 Å². The van der Waals surface area contributed by atoms with Gasteiger partial charge in [0.2, 0.25) is 5.88 Å². The first-order valence-corrected chi connectivity index (χ1v) is 6.32. The molecular formula is C13H11BrN2O3. The van der Waals surface area contributed by atoms with Crippen LogP contribution in [0.5, 0.6) is 11.6 Å². The van der Waals surface area contributed by atoms with Crippen molar-refractivity contribution in [1.29, 1.82) is 0 Å². The molecule has 0 saturated carbocycles. The third-order valence-corrected chi connectivity index (χ3v) is 3.04. The van der Waals surface area contributed by atoms with Crippen molar-refractivity contribution in [1.82, 2.24) is 4.98 Å². The van der Waals surface area contributed by atoms with E-state index in [9.17, 15) is 10.1 Å². The van der Waals surface area contributed by atoms with Crippen molar-refractivity contribution < 1.29 is 9.66 Å². The van der Waals surface area contributed by atoms with Crippen LogP contribution in [0.1, 0.15) is 11.1 Å². The summed E-state index contributed by atoms with van der Waals surface area (Å²) in [5.41, 5.74) is 1.34. The zero-order chi connectivity index (χ0) is 14.0. The first kappa shape index (κ1) is 13.5. The monoisotopic (exact) mass is 322 g/mol. The number of aryl methyl sites for hydroxylation is 2. The largest absolute Gasteiger partial charge is 0.439 e. The third kappa shape index (κ3) is 3.08. The normalized spacial score (nSPS) is 10.3. The molecule has 0 saturated heterocycles. The number of rotatable bonds is 3. The predicted octanol–water partition coefficient (Wildman–Crippen LogP) is 4.16. The molecule has 1 aromatic heterocycles. The molecule has 0 fully saturated rings. The van der Waals surface area contributed by atoms with E-state index in [1.54, 1.807) is 38.1 Å². The lowest BCUT2D eigenvalue weighted by Crippen LogP contribution is -1.96. The van der Waals surface area contributed by atoms with E-state index < -0.39 is 4.92 Å². The lowest BCUT2D eigenvalue weighted by atomic mass is 10.1. The maximum atomic E-state index is 10.8. The average Bonchev–Trinajstić information content (AvgIpc) is 2.33. The summed E-state index contributed by atoms with van der Waals surface area (Å²) in [4.78, 5) is 14.6. The first-order chi connectivity index (χ1) is 8.97. The van der Waals surface area contributed by atoms with Crippen LogP contribution in [0, 0.1) is 24.0 Å². The summed E-state index contributed by atoms with van der Waals surface area (Å²) in [6, 6.07) is 8.47. The van der Waals surface area contributed by atoms with Gasteiger partial charge in [-0.15, -0.1) is 0 Å². The molecule has 0 aliphatic heterocycles. The van der Waals surface area contributed by atoms with Gasteiger partial charge in [0.05, 0.1) is 4.92 Å². The number of pyridine rings is 1. The topological polar surface area (TPSA) is 65.3 Å². The van der Waals surface area contributed by atoms with Gasteiger partial charge < -0.3 is 4.74 Å². The average molecular weight is 323 g/mol. The van der Waals surface area contributed by atoms with Crippen molar-refractivity contribution in [2.24, 2.45) is 0 Å². The van der Waals surface area contributed by atoms with E-state index in [4.69, 9.17) is 4.74 Å². The molecule has 0 N–H and O–H groups in total. The summed E-state index contributed by atoms with van der Waals surface area (Å²) >= 11 is 3.26. The van der Waals surface area contributed by atoms with Gasteiger partial charge in [0, 0.05) is 17.7 Å². The second-order valence-electron chi connectivity index (χ2n) is 4.06. The van der Waals surface area contributed by atoms with Gasteiger partial charge in [-0.1, -0.05) is 6.07 Å². The zero-order valence-corrected chi connectivity index (χ0v) is 12.0. The molecule has 0 bridgehead atoms. The molecule has 0 spiro atoms. The number of benzene rings is 1. The van der Waals surface area contributed by atoms with Crippen molar-refractivity contribution in [2.75, 3.05) is 0 Å². The lowest BCUT2D eigenvalue weighted by molar-refractivity contribution is -0.385. The number of nitro groups is 1. The summed E-state index contributed by atoms with van der Waals surface area (Å²) in [5.74, 6) is 0.999. The minimum absolute atomic E-state index is 0.0899. The van der Waals surface area contributed by atoms with E-state index in [0.717, 1.165) is 0 Å². The number of aromatic nitrogens is 1. The maximum Gasteiger partial charge on any atom is 0.272 e. The minimum atomic E-state index is -0.399. The van der Waals surface area contributed by atoms with Crippen LogP contribution in [-0.4, -0.2) is 9.91 Å². The highest BCUT2D eigenvalue weighted by molar-refractivity contribution is 9.10. The van der Waals surface area contributed by atoms with Crippen LogP contribution >= 0.6 is 15.9 Å². The Hall–Kier alpha value is -1.95. The van der Waals surface area contributed by atoms with Crippen molar-refractivity contribution in [3.05, 3.63) is 56.2 Å². The summed E-state index contributed by atoms with van der Waals surface area (Å²) in [6.45, 7) is 3.44. The van der Waals surface area contributed by atoms with Crippen molar-refractivity contribution in [2.45, 2.75) is 13.8 Å². The number of nitrogens with zero attached hydrogens (tertiary/aromatic N) is 2. The second kappa shape index (κ2) is 5.36. The molecule has 0 atom stereocenters. The van der Waals surface area contributed by atoms with Crippen LogP contribution in [0.2, 0.25) is 0 Å². The van der Waals surface area contributed by atoms with Crippen LogP contribution in [0.4, 0.5) is 5.69 Å². The second-order valence-corrected chi connectivity index (χ2v) is 4.87. The summed E-state index contributed by atoms with van der Waals surface area (Å²) < 4.78 is 6.31. The van der Waals surface area contributed by atoms with Gasteiger partial charge in [0.25, 0.3) is 5.69 Å². The molecule has 6 heteroatoms. The molecule has 5 nitrogen and oxygen atoms in total. The predicted molar refractivity (Wildman–Crippen MR) is 74.6 cm³/mol. The van der Waals surface area contributed by atoms with E-state index in [2.05, 4.69) is 20.9 Å². The standard InChI is InChI=1S/C13H11BrN2O3/c1-8-7-11(9(2)6-10(8)16(17)18)19-13-5-3-4-12(14)15-13/h3-7H,1-2H3. The van der Waals surface area contributed by atoms with Gasteiger partial charge in [0.15, 0.2) is 0 Å².